The topological polar surface area (TPSA) is 76.8 Å². The second-order valence-electron chi connectivity index (χ2n) is 3.10. The van der Waals surface area contributed by atoms with Gasteiger partial charge in [-0.1, -0.05) is 0 Å². The number of rotatable bonds is 2. The van der Waals surface area contributed by atoms with Gasteiger partial charge in [0.25, 0.3) is 0 Å². The van der Waals surface area contributed by atoms with Crippen LogP contribution in [0.3, 0.4) is 0 Å². The molecule has 0 aliphatic heterocycles. The van der Waals surface area contributed by atoms with Crippen molar-refractivity contribution in [3.8, 4) is 0 Å². The first kappa shape index (κ1) is 10.6. The number of hydrogen-bond acceptors (Lipinski definition) is 3. The summed E-state index contributed by atoms with van der Waals surface area (Å²) in [6, 6.07) is 4.72. The van der Waals surface area contributed by atoms with Gasteiger partial charge in [-0.15, -0.1) is 16.4 Å². The Morgan fingerprint density at radius 3 is 2.94 bits per heavy atom. The Balaban J connectivity index is 2.47. The van der Waals surface area contributed by atoms with Gasteiger partial charge in [-0.25, -0.2) is 4.39 Å². The first-order chi connectivity index (χ1) is 7.66. The molecule has 4 nitrogen and oxygen atoms in total. The normalized spacial score (nSPS) is 11.1. The van der Waals surface area contributed by atoms with Gasteiger partial charge in [0, 0.05) is 10.3 Å². The highest BCUT2D eigenvalue weighted by molar-refractivity contribution is 7.17. The molecular weight excluding hydrogens is 227 g/mol. The van der Waals surface area contributed by atoms with Gasteiger partial charge in [-0.05, 0) is 29.0 Å². The minimum atomic E-state index is -0.308. The molecular formula is C10H9FN4S. The molecule has 1 heterocycles. The third kappa shape index (κ3) is 2.17. The Morgan fingerprint density at radius 1 is 1.38 bits per heavy atom. The summed E-state index contributed by atoms with van der Waals surface area (Å²) in [5.41, 5.74) is 10.9. The van der Waals surface area contributed by atoms with Gasteiger partial charge in [-0.3, -0.25) is 0 Å². The Kier molecular flexibility index (Phi) is 2.82. The van der Waals surface area contributed by atoms with E-state index in [4.69, 9.17) is 11.5 Å². The molecule has 2 aromatic rings. The first-order valence-electron chi connectivity index (χ1n) is 4.45. The van der Waals surface area contributed by atoms with Crippen molar-refractivity contribution in [2.24, 2.45) is 21.7 Å². The molecule has 0 saturated heterocycles. The minimum Gasteiger partial charge on any atom is -0.369 e. The molecule has 82 valence electrons. The van der Waals surface area contributed by atoms with E-state index < -0.39 is 0 Å². The van der Waals surface area contributed by atoms with Crippen molar-refractivity contribution < 1.29 is 4.39 Å². The van der Waals surface area contributed by atoms with Gasteiger partial charge in [0.05, 0.1) is 6.21 Å². The van der Waals surface area contributed by atoms with Crippen LogP contribution in [0.15, 0.2) is 33.8 Å². The van der Waals surface area contributed by atoms with Crippen LogP contribution in [-0.4, -0.2) is 12.2 Å². The molecule has 1 aromatic carbocycles. The van der Waals surface area contributed by atoms with Crippen LogP contribution in [0, 0.1) is 5.82 Å². The highest BCUT2D eigenvalue weighted by Crippen LogP contribution is 2.25. The molecule has 0 amide bonds. The summed E-state index contributed by atoms with van der Waals surface area (Å²) in [6.07, 6.45) is 1.43. The van der Waals surface area contributed by atoms with E-state index in [9.17, 15) is 4.39 Å². The summed E-state index contributed by atoms with van der Waals surface area (Å²) in [4.78, 5) is 0. The zero-order valence-electron chi connectivity index (χ0n) is 8.22. The molecule has 0 spiro atoms. The Morgan fingerprint density at radius 2 is 2.19 bits per heavy atom. The molecule has 0 saturated carbocycles. The third-order valence-electron chi connectivity index (χ3n) is 1.91. The summed E-state index contributed by atoms with van der Waals surface area (Å²) in [5.74, 6) is -0.438. The van der Waals surface area contributed by atoms with Crippen LogP contribution in [0.4, 0.5) is 4.39 Å². The van der Waals surface area contributed by atoms with Crippen LogP contribution in [0.1, 0.15) is 5.56 Å². The fourth-order valence-corrected chi connectivity index (χ4v) is 2.19. The zero-order valence-corrected chi connectivity index (χ0v) is 9.04. The minimum absolute atomic E-state index is 0.130. The number of thiophene rings is 1. The van der Waals surface area contributed by atoms with Gasteiger partial charge in [-0.2, -0.15) is 5.10 Å². The van der Waals surface area contributed by atoms with Crippen molar-refractivity contribution >= 4 is 33.6 Å². The molecule has 1 aromatic heterocycles. The Labute approximate surface area is 95.1 Å². The number of hydrogen-bond donors (Lipinski definition) is 2. The average molecular weight is 236 g/mol. The van der Waals surface area contributed by atoms with Crippen molar-refractivity contribution in [3.63, 3.8) is 0 Å². The summed E-state index contributed by atoms with van der Waals surface area (Å²) in [7, 11) is 0. The smallest absolute Gasteiger partial charge is 0.211 e. The average Bonchev–Trinajstić information content (AvgIpc) is 2.64. The van der Waals surface area contributed by atoms with Crippen molar-refractivity contribution in [2.75, 3.05) is 0 Å². The van der Waals surface area contributed by atoms with Gasteiger partial charge >= 0.3 is 0 Å². The standard InChI is InChI=1S/C10H9FN4S/c11-8-3-6-1-2-16-9(6)7(4-8)5-14-15-10(12)13/h1-5H,(H4,12,13,15). The molecule has 0 bridgehead atoms. The van der Waals surface area contributed by atoms with Gasteiger partial charge in [0.1, 0.15) is 5.82 Å². The molecule has 0 aliphatic carbocycles. The number of guanidine groups is 1. The van der Waals surface area contributed by atoms with Crippen LogP contribution in [-0.2, 0) is 0 Å². The highest BCUT2D eigenvalue weighted by Gasteiger charge is 2.03. The van der Waals surface area contributed by atoms with Crippen molar-refractivity contribution in [3.05, 3.63) is 35.0 Å². The summed E-state index contributed by atoms with van der Waals surface area (Å²) >= 11 is 1.51. The molecule has 6 heteroatoms. The number of halogens is 1. The Hall–Kier alpha value is -1.95. The Bertz CT molecular complexity index is 569. The molecule has 0 aliphatic rings. The van der Waals surface area contributed by atoms with Gasteiger partial charge in [0.15, 0.2) is 0 Å². The lowest BCUT2D eigenvalue weighted by Crippen LogP contribution is -2.21. The van der Waals surface area contributed by atoms with E-state index >= 15 is 0 Å². The predicted molar refractivity (Wildman–Crippen MR) is 65.2 cm³/mol. The van der Waals surface area contributed by atoms with E-state index in [1.165, 1.54) is 29.7 Å². The van der Waals surface area contributed by atoms with Crippen LogP contribution in [0.25, 0.3) is 10.1 Å². The van der Waals surface area contributed by atoms with E-state index in [0.717, 1.165) is 10.1 Å². The summed E-state index contributed by atoms with van der Waals surface area (Å²) in [5, 5.41) is 9.86. The van der Waals surface area contributed by atoms with Crippen LogP contribution in [0.2, 0.25) is 0 Å². The van der Waals surface area contributed by atoms with Gasteiger partial charge in [0.2, 0.25) is 5.96 Å². The maximum atomic E-state index is 13.2. The van der Waals surface area contributed by atoms with Gasteiger partial charge < -0.3 is 11.5 Å². The third-order valence-corrected chi connectivity index (χ3v) is 2.89. The lowest BCUT2D eigenvalue weighted by atomic mass is 10.2. The summed E-state index contributed by atoms with van der Waals surface area (Å²) < 4.78 is 14.2. The number of fused-ring (bicyclic) bond motifs is 1. The molecule has 0 atom stereocenters. The van der Waals surface area contributed by atoms with Crippen molar-refractivity contribution in [1.29, 1.82) is 0 Å². The highest BCUT2D eigenvalue weighted by atomic mass is 32.1. The first-order valence-corrected chi connectivity index (χ1v) is 5.33. The van der Waals surface area contributed by atoms with E-state index in [1.54, 1.807) is 0 Å². The molecule has 0 radical (unpaired) electrons. The fraction of sp³-hybridized carbons (Fsp3) is 0. The van der Waals surface area contributed by atoms with Crippen LogP contribution < -0.4 is 11.5 Å². The van der Waals surface area contributed by atoms with Crippen LogP contribution >= 0.6 is 11.3 Å². The molecule has 0 unspecified atom stereocenters. The van der Waals surface area contributed by atoms with Crippen LogP contribution in [0.5, 0.6) is 0 Å². The van der Waals surface area contributed by atoms with E-state index in [0.29, 0.717) is 5.56 Å². The van der Waals surface area contributed by atoms with E-state index in [-0.39, 0.29) is 11.8 Å². The molecule has 4 N–H and O–H groups in total. The fourth-order valence-electron chi connectivity index (χ4n) is 1.33. The number of nitrogens with zero attached hydrogens (tertiary/aromatic N) is 2. The van der Waals surface area contributed by atoms with Crippen molar-refractivity contribution in [2.45, 2.75) is 0 Å². The van der Waals surface area contributed by atoms with Crippen molar-refractivity contribution in [1.82, 2.24) is 0 Å². The second-order valence-corrected chi connectivity index (χ2v) is 4.02. The largest absolute Gasteiger partial charge is 0.369 e. The maximum Gasteiger partial charge on any atom is 0.211 e. The summed E-state index contributed by atoms with van der Waals surface area (Å²) in [6.45, 7) is 0. The predicted octanol–water partition coefficient (Wildman–Crippen LogP) is 1.65. The molecule has 2 rings (SSSR count). The van der Waals surface area contributed by atoms with E-state index in [2.05, 4.69) is 10.2 Å². The second kappa shape index (κ2) is 4.28. The number of nitrogens with two attached hydrogens (primary N) is 2. The van der Waals surface area contributed by atoms with E-state index in [1.807, 2.05) is 11.4 Å². The number of benzene rings is 1. The maximum absolute atomic E-state index is 13.2. The lowest BCUT2D eigenvalue weighted by molar-refractivity contribution is 0.629. The lowest BCUT2D eigenvalue weighted by Gasteiger charge is -1.96. The zero-order chi connectivity index (χ0) is 11.5. The molecule has 16 heavy (non-hydrogen) atoms. The quantitative estimate of drug-likeness (QED) is 0.472. The SMILES string of the molecule is NC(N)=NN=Cc1cc(F)cc2ccsc12. The monoisotopic (exact) mass is 236 g/mol. The molecule has 0 fully saturated rings.